The Balaban J connectivity index is 1.49. The van der Waals surface area contributed by atoms with E-state index in [1.165, 1.54) is 6.20 Å². The van der Waals surface area contributed by atoms with Crippen molar-refractivity contribution in [3.8, 4) is 11.4 Å². The highest BCUT2D eigenvalue weighted by molar-refractivity contribution is 5.98. The van der Waals surface area contributed by atoms with Gasteiger partial charge in [0.15, 0.2) is 5.82 Å². The lowest BCUT2D eigenvalue weighted by Gasteiger charge is -2.24. The molecule has 2 N–H and O–H groups in total. The summed E-state index contributed by atoms with van der Waals surface area (Å²) in [6.07, 6.45) is 3.43. The van der Waals surface area contributed by atoms with E-state index in [1.54, 1.807) is 37.5 Å². The normalized spacial score (nSPS) is 18.4. The third kappa shape index (κ3) is 4.68. The molecular formula is C22H21F3N6O. The Labute approximate surface area is 182 Å². The molecule has 0 spiro atoms. The number of hydrogen-bond donors (Lipinski definition) is 2. The van der Waals surface area contributed by atoms with Gasteiger partial charge in [-0.05, 0) is 56.0 Å². The van der Waals surface area contributed by atoms with E-state index in [1.807, 2.05) is 0 Å². The quantitative estimate of drug-likeness (QED) is 0.620. The summed E-state index contributed by atoms with van der Waals surface area (Å²) in [6, 6.07) is 5.81. The number of nitrogens with zero attached hydrogens (tertiary/aromatic N) is 4. The number of alkyl halides is 3. The Morgan fingerprint density at radius 2 is 1.75 bits per heavy atom. The number of hydrogen-bond acceptors (Lipinski definition) is 6. The third-order valence-electron chi connectivity index (χ3n) is 5.39. The summed E-state index contributed by atoms with van der Waals surface area (Å²) >= 11 is 0. The van der Waals surface area contributed by atoms with E-state index in [0.29, 0.717) is 22.8 Å². The molecule has 10 heteroatoms. The van der Waals surface area contributed by atoms with Crippen LogP contribution in [-0.2, 0) is 6.18 Å². The molecule has 3 aromatic rings. The Bertz CT molecular complexity index is 1110. The SMILES string of the molecule is Cc1cc(C(F)(F)F)cnc1N[C@H]1CCCC1NC(=O)c1ncccc1-c1ncccn1. The van der Waals surface area contributed by atoms with Crippen molar-refractivity contribution in [2.75, 3.05) is 5.32 Å². The van der Waals surface area contributed by atoms with Crippen molar-refractivity contribution in [1.82, 2.24) is 25.3 Å². The Morgan fingerprint density at radius 3 is 2.47 bits per heavy atom. The maximum absolute atomic E-state index is 13.0. The highest BCUT2D eigenvalue weighted by Gasteiger charge is 2.33. The fourth-order valence-corrected chi connectivity index (χ4v) is 3.80. The van der Waals surface area contributed by atoms with E-state index in [0.717, 1.165) is 31.5 Å². The highest BCUT2D eigenvalue weighted by atomic mass is 19.4. The van der Waals surface area contributed by atoms with Gasteiger partial charge in [-0.1, -0.05) is 0 Å². The molecule has 1 saturated carbocycles. The number of nitrogens with one attached hydrogen (secondary N) is 2. The molecule has 2 atom stereocenters. The van der Waals surface area contributed by atoms with Crippen LogP contribution in [0.25, 0.3) is 11.4 Å². The molecule has 1 aliphatic carbocycles. The predicted octanol–water partition coefficient (Wildman–Crippen LogP) is 4.02. The Morgan fingerprint density at radius 1 is 1.03 bits per heavy atom. The van der Waals surface area contributed by atoms with Crippen molar-refractivity contribution in [3.05, 3.63) is 65.9 Å². The van der Waals surface area contributed by atoms with Gasteiger partial charge in [-0.3, -0.25) is 9.78 Å². The van der Waals surface area contributed by atoms with Crippen LogP contribution in [0.1, 0.15) is 40.9 Å². The zero-order valence-corrected chi connectivity index (χ0v) is 17.2. The summed E-state index contributed by atoms with van der Waals surface area (Å²) in [6.45, 7) is 1.58. The van der Waals surface area contributed by atoms with E-state index >= 15 is 0 Å². The van der Waals surface area contributed by atoms with Gasteiger partial charge in [-0.15, -0.1) is 0 Å². The van der Waals surface area contributed by atoms with E-state index in [4.69, 9.17) is 0 Å². The summed E-state index contributed by atoms with van der Waals surface area (Å²) in [5.41, 5.74) is 0.342. The molecule has 0 bridgehead atoms. The lowest BCUT2D eigenvalue weighted by molar-refractivity contribution is -0.137. The number of pyridine rings is 2. The van der Waals surface area contributed by atoms with Gasteiger partial charge in [-0.25, -0.2) is 15.0 Å². The first-order valence-corrected chi connectivity index (χ1v) is 10.2. The number of anilines is 1. The molecule has 4 rings (SSSR count). The first kappa shape index (κ1) is 21.7. The zero-order chi connectivity index (χ0) is 22.7. The number of amides is 1. The van der Waals surface area contributed by atoms with Crippen LogP contribution in [0, 0.1) is 6.92 Å². The fourth-order valence-electron chi connectivity index (χ4n) is 3.80. The molecule has 3 heterocycles. The van der Waals surface area contributed by atoms with Gasteiger partial charge in [0.25, 0.3) is 5.91 Å². The van der Waals surface area contributed by atoms with Crippen LogP contribution in [0.2, 0.25) is 0 Å². The highest BCUT2D eigenvalue weighted by Crippen LogP contribution is 2.31. The van der Waals surface area contributed by atoms with Crippen molar-refractivity contribution >= 4 is 11.7 Å². The maximum atomic E-state index is 13.0. The number of carbonyl (C=O) groups is 1. The second kappa shape index (κ2) is 8.89. The largest absolute Gasteiger partial charge is 0.417 e. The van der Waals surface area contributed by atoms with Crippen LogP contribution >= 0.6 is 0 Å². The van der Waals surface area contributed by atoms with Crippen molar-refractivity contribution in [2.45, 2.75) is 44.4 Å². The van der Waals surface area contributed by atoms with E-state index < -0.39 is 11.7 Å². The molecule has 7 nitrogen and oxygen atoms in total. The summed E-state index contributed by atoms with van der Waals surface area (Å²) < 4.78 is 38.7. The maximum Gasteiger partial charge on any atom is 0.417 e. The molecule has 0 saturated heterocycles. The first-order valence-electron chi connectivity index (χ1n) is 10.2. The minimum absolute atomic E-state index is 0.165. The number of aromatic nitrogens is 4. The Kier molecular flexibility index (Phi) is 6.02. The second-order valence-electron chi connectivity index (χ2n) is 7.62. The van der Waals surface area contributed by atoms with Gasteiger partial charge >= 0.3 is 6.18 Å². The van der Waals surface area contributed by atoms with Crippen LogP contribution < -0.4 is 10.6 Å². The molecule has 1 amide bonds. The Hall–Kier alpha value is -3.56. The summed E-state index contributed by atoms with van der Waals surface area (Å²) in [7, 11) is 0. The van der Waals surface area contributed by atoms with Crippen LogP contribution in [-0.4, -0.2) is 37.9 Å². The second-order valence-corrected chi connectivity index (χ2v) is 7.62. The molecule has 1 fully saturated rings. The molecule has 32 heavy (non-hydrogen) atoms. The third-order valence-corrected chi connectivity index (χ3v) is 5.39. The molecular weight excluding hydrogens is 421 g/mol. The smallest absolute Gasteiger partial charge is 0.365 e. The van der Waals surface area contributed by atoms with Crippen molar-refractivity contribution in [2.24, 2.45) is 0 Å². The first-order chi connectivity index (χ1) is 15.3. The minimum Gasteiger partial charge on any atom is -0.365 e. The molecule has 1 aliphatic rings. The summed E-state index contributed by atoms with van der Waals surface area (Å²) in [5.74, 6) is 0.417. The standard InChI is InChI=1S/C22H21F3N6O/c1-13-11-14(22(23,24)25)12-29-19(13)30-16-6-2-7-17(16)31-21(32)18-15(5-3-8-26-18)20-27-9-4-10-28-20/h3-5,8-12,16-17H,2,6-7H2,1H3,(H,29,30)(H,31,32)/t16-,17?/m0/s1. The zero-order valence-electron chi connectivity index (χ0n) is 17.2. The van der Waals surface area contributed by atoms with E-state index in [2.05, 4.69) is 30.6 Å². The summed E-state index contributed by atoms with van der Waals surface area (Å²) in [4.78, 5) is 29.6. The number of halogens is 3. The van der Waals surface area contributed by atoms with Gasteiger partial charge in [-0.2, -0.15) is 13.2 Å². The average Bonchev–Trinajstić information content (AvgIpc) is 3.21. The van der Waals surface area contributed by atoms with Gasteiger partial charge in [0.2, 0.25) is 0 Å². The van der Waals surface area contributed by atoms with Crippen LogP contribution in [0.4, 0.5) is 19.0 Å². The molecule has 166 valence electrons. The fraction of sp³-hybridized carbons (Fsp3) is 0.318. The van der Waals surface area contributed by atoms with E-state index in [-0.39, 0.29) is 23.7 Å². The number of aryl methyl sites for hydroxylation is 1. The summed E-state index contributed by atoms with van der Waals surface area (Å²) in [5, 5.41) is 6.21. The number of carbonyl (C=O) groups excluding carboxylic acids is 1. The van der Waals surface area contributed by atoms with Gasteiger partial charge < -0.3 is 10.6 Å². The molecule has 0 aromatic carbocycles. The monoisotopic (exact) mass is 442 g/mol. The van der Waals surface area contributed by atoms with Crippen molar-refractivity contribution in [1.29, 1.82) is 0 Å². The molecule has 1 unspecified atom stereocenters. The van der Waals surface area contributed by atoms with Gasteiger partial charge in [0, 0.05) is 36.9 Å². The minimum atomic E-state index is -4.44. The van der Waals surface area contributed by atoms with Crippen LogP contribution in [0.15, 0.2) is 49.1 Å². The van der Waals surface area contributed by atoms with Crippen molar-refractivity contribution in [3.63, 3.8) is 0 Å². The van der Waals surface area contributed by atoms with Gasteiger partial charge in [0.05, 0.1) is 11.1 Å². The predicted molar refractivity (Wildman–Crippen MR) is 112 cm³/mol. The molecule has 3 aromatic heterocycles. The number of rotatable bonds is 5. The molecule has 0 aliphatic heterocycles. The van der Waals surface area contributed by atoms with Gasteiger partial charge in [0.1, 0.15) is 11.5 Å². The molecule has 0 radical (unpaired) electrons. The van der Waals surface area contributed by atoms with Crippen LogP contribution in [0.5, 0.6) is 0 Å². The average molecular weight is 442 g/mol. The van der Waals surface area contributed by atoms with E-state index in [9.17, 15) is 18.0 Å². The lowest BCUT2D eigenvalue weighted by atomic mass is 10.1. The topological polar surface area (TPSA) is 92.7 Å². The lowest BCUT2D eigenvalue weighted by Crippen LogP contribution is -2.44. The van der Waals surface area contributed by atoms with Crippen molar-refractivity contribution < 1.29 is 18.0 Å². The van der Waals surface area contributed by atoms with Crippen LogP contribution in [0.3, 0.4) is 0 Å².